The van der Waals surface area contributed by atoms with Crippen LogP contribution in [0.25, 0.3) is 0 Å². The number of anilines is 1. The summed E-state index contributed by atoms with van der Waals surface area (Å²) in [6, 6.07) is 5.65. The zero-order valence-corrected chi connectivity index (χ0v) is 11.7. The van der Waals surface area contributed by atoms with Gasteiger partial charge < -0.3 is 10.2 Å². The summed E-state index contributed by atoms with van der Waals surface area (Å²) < 4.78 is 38.5. The zero-order valence-electron chi connectivity index (χ0n) is 11.7. The second kappa shape index (κ2) is 6.48. The minimum Gasteiger partial charge on any atom is -0.383 e. The molecule has 0 saturated carbocycles. The lowest BCUT2D eigenvalue weighted by Gasteiger charge is -2.30. The lowest BCUT2D eigenvalue weighted by molar-refractivity contribution is -0.136. The third-order valence-corrected chi connectivity index (χ3v) is 3.85. The molecule has 1 N–H and O–H groups in total. The molecule has 1 heterocycles. The van der Waals surface area contributed by atoms with Crippen molar-refractivity contribution in [3.8, 4) is 0 Å². The fraction of sp³-hybridized carbons (Fsp3) is 0.600. The number of nitrogens with zero attached hydrogens (tertiary/aromatic N) is 1. The molecule has 112 valence electrons. The van der Waals surface area contributed by atoms with Crippen LogP contribution < -0.4 is 5.32 Å². The average Bonchev–Trinajstić information content (AvgIpc) is 2.40. The van der Waals surface area contributed by atoms with Crippen LogP contribution in [-0.2, 0) is 6.18 Å². The highest BCUT2D eigenvalue weighted by Gasteiger charge is 2.33. The summed E-state index contributed by atoms with van der Waals surface area (Å²) in [5, 5.41) is 2.92. The number of likely N-dealkylation sites (tertiary alicyclic amines) is 1. The normalized spacial score (nSPS) is 18.2. The monoisotopic (exact) mass is 286 g/mol. The van der Waals surface area contributed by atoms with Crippen molar-refractivity contribution in [2.24, 2.45) is 5.92 Å². The van der Waals surface area contributed by atoms with Crippen molar-refractivity contribution in [3.05, 3.63) is 29.8 Å². The van der Waals surface area contributed by atoms with E-state index in [9.17, 15) is 13.2 Å². The number of benzene rings is 1. The summed E-state index contributed by atoms with van der Waals surface area (Å²) in [5.41, 5.74) is -0.419. The second-order valence-electron chi connectivity index (χ2n) is 5.49. The molecule has 2 rings (SSSR count). The van der Waals surface area contributed by atoms with Crippen molar-refractivity contribution in [1.29, 1.82) is 0 Å². The summed E-state index contributed by atoms with van der Waals surface area (Å²) in [6.07, 6.45) is -1.94. The molecule has 0 aliphatic carbocycles. The third-order valence-electron chi connectivity index (χ3n) is 3.85. The van der Waals surface area contributed by atoms with Gasteiger partial charge in [-0.1, -0.05) is 19.1 Å². The number of para-hydroxylation sites is 1. The first-order chi connectivity index (χ1) is 9.47. The van der Waals surface area contributed by atoms with Crippen molar-refractivity contribution in [2.45, 2.75) is 25.9 Å². The first-order valence-corrected chi connectivity index (χ1v) is 7.09. The van der Waals surface area contributed by atoms with Gasteiger partial charge in [0.1, 0.15) is 0 Å². The number of hydrogen-bond acceptors (Lipinski definition) is 2. The van der Waals surface area contributed by atoms with Gasteiger partial charge in [-0.2, -0.15) is 13.2 Å². The molecule has 1 aliphatic heterocycles. The summed E-state index contributed by atoms with van der Waals surface area (Å²) in [7, 11) is 0. The Labute approximate surface area is 118 Å². The Kier molecular flexibility index (Phi) is 4.91. The fourth-order valence-corrected chi connectivity index (χ4v) is 2.52. The first-order valence-electron chi connectivity index (χ1n) is 7.09. The van der Waals surface area contributed by atoms with Crippen LogP contribution in [0.15, 0.2) is 24.3 Å². The zero-order chi connectivity index (χ0) is 14.6. The van der Waals surface area contributed by atoms with Gasteiger partial charge in [0.05, 0.1) is 5.56 Å². The maximum atomic E-state index is 12.8. The number of hydrogen-bond donors (Lipinski definition) is 1. The van der Waals surface area contributed by atoms with Gasteiger partial charge in [0.25, 0.3) is 0 Å². The molecule has 5 heteroatoms. The van der Waals surface area contributed by atoms with E-state index in [1.807, 2.05) is 0 Å². The number of halogens is 3. The molecule has 1 fully saturated rings. The Hall–Kier alpha value is -1.23. The van der Waals surface area contributed by atoms with Gasteiger partial charge in [0.2, 0.25) is 0 Å². The van der Waals surface area contributed by atoms with Gasteiger partial charge in [-0.3, -0.25) is 0 Å². The van der Waals surface area contributed by atoms with E-state index < -0.39 is 11.7 Å². The van der Waals surface area contributed by atoms with Crippen LogP contribution in [-0.4, -0.2) is 31.1 Å². The van der Waals surface area contributed by atoms with Gasteiger partial charge >= 0.3 is 6.18 Å². The van der Waals surface area contributed by atoms with Gasteiger partial charge in [0, 0.05) is 18.8 Å². The minimum absolute atomic E-state index is 0.172. The van der Waals surface area contributed by atoms with Gasteiger partial charge in [-0.25, -0.2) is 0 Å². The standard InChI is InChI=1S/C15H21F3N2/c1-12-6-9-20(10-7-12)11-8-19-14-5-3-2-4-13(14)15(16,17)18/h2-5,12,19H,6-11H2,1H3. The third kappa shape index (κ3) is 4.13. The molecule has 0 bridgehead atoms. The number of nitrogens with one attached hydrogen (secondary N) is 1. The Morgan fingerprint density at radius 3 is 2.50 bits per heavy atom. The SMILES string of the molecule is CC1CCN(CCNc2ccccc2C(F)(F)F)CC1. The average molecular weight is 286 g/mol. The Morgan fingerprint density at radius 2 is 1.85 bits per heavy atom. The summed E-state index contributed by atoms with van der Waals surface area (Å²) >= 11 is 0. The van der Waals surface area contributed by atoms with E-state index >= 15 is 0 Å². The van der Waals surface area contributed by atoms with Gasteiger partial charge in [-0.05, 0) is 44.0 Å². The van der Waals surface area contributed by atoms with Crippen molar-refractivity contribution < 1.29 is 13.2 Å². The van der Waals surface area contributed by atoms with Crippen LogP contribution in [0.4, 0.5) is 18.9 Å². The highest BCUT2D eigenvalue weighted by Crippen LogP contribution is 2.34. The van der Waals surface area contributed by atoms with E-state index in [-0.39, 0.29) is 5.69 Å². The quantitative estimate of drug-likeness (QED) is 0.904. The first kappa shape index (κ1) is 15.2. The summed E-state index contributed by atoms with van der Waals surface area (Å²) in [5.74, 6) is 0.769. The number of piperidine rings is 1. The van der Waals surface area contributed by atoms with E-state index in [0.29, 0.717) is 6.54 Å². The summed E-state index contributed by atoms with van der Waals surface area (Å²) in [6.45, 7) is 5.67. The molecule has 1 aromatic rings. The molecule has 1 aromatic carbocycles. The van der Waals surface area contributed by atoms with E-state index in [1.54, 1.807) is 6.07 Å². The van der Waals surface area contributed by atoms with Crippen LogP contribution in [0.5, 0.6) is 0 Å². The molecule has 0 atom stereocenters. The van der Waals surface area contributed by atoms with Crippen LogP contribution >= 0.6 is 0 Å². The van der Waals surface area contributed by atoms with E-state index in [4.69, 9.17) is 0 Å². The van der Waals surface area contributed by atoms with E-state index in [2.05, 4.69) is 17.1 Å². The highest BCUT2D eigenvalue weighted by molar-refractivity contribution is 5.52. The van der Waals surface area contributed by atoms with Crippen molar-refractivity contribution in [2.75, 3.05) is 31.5 Å². The van der Waals surface area contributed by atoms with Crippen LogP contribution in [0.1, 0.15) is 25.3 Å². The van der Waals surface area contributed by atoms with Gasteiger partial charge in [-0.15, -0.1) is 0 Å². The van der Waals surface area contributed by atoms with E-state index in [1.165, 1.54) is 25.0 Å². The number of rotatable bonds is 4. The Balaban J connectivity index is 1.85. The molecular weight excluding hydrogens is 265 g/mol. The molecule has 0 radical (unpaired) electrons. The predicted molar refractivity (Wildman–Crippen MR) is 74.8 cm³/mol. The van der Waals surface area contributed by atoms with Crippen molar-refractivity contribution >= 4 is 5.69 Å². The van der Waals surface area contributed by atoms with Crippen molar-refractivity contribution in [3.63, 3.8) is 0 Å². The Bertz CT molecular complexity index is 423. The van der Waals surface area contributed by atoms with E-state index in [0.717, 1.165) is 31.6 Å². The second-order valence-corrected chi connectivity index (χ2v) is 5.49. The minimum atomic E-state index is -4.30. The molecule has 0 aromatic heterocycles. The lowest BCUT2D eigenvalue weighted by Crippen LogP contribution is -2.36. The van der Waals surface area contributed by atoms with Crippen LogP contribution in [0, 0.1) is 5.92 Å². The smallest absolute Gasteiger partial charge is 0.383 e. The van der Waals surface area contributed by atoms with Crippen LogP contribution in [0.2, 0.25) is 0 Å². The molecule has 0 amide bonds. The maximum absolute atomic E-state index is 12.8. The Morgan fingerprint density at radius 1 is 1.20 bits per heavy atom. The largest absolute Gasteiger partial charge is 0.418 e. The summed E-state index contributed by atoms with van der Waals surface area (Å²) in [4.78, 5) is 2.31. The number of alkyl halides is 3. The molecule has 1 saturated heterocycles. The molecule has 2 nitrogen and oxygen atoms in total. The molecular formula is C15H21F3N2. The molecule has 1 aliphatic rings. The van der Waals surface area contributed by atoms with Crippen LogP contribution in [0.3, 0.4) is 0 Å². The molecule has 0 spiro atoms. The predicted octanol–water partition coefficient (Wildman–Crippen LogP) is 3.85. The maximum Gasteiger partial charge on any atom is 0.418 e. The van der Waals surface area contributed by atoms with Gasteiger partial charge in [0.15, 0.2) is 0 Å². The molecule has 0 unspecified atom stereocenters. The fourth-order valence-electron chi connectivity index (χ4n) is 2.52. The topological polar surface area (TPSA) is 15.3 Å². The molecule has 20 heavy (non-hydrogen) atoms. The van der Waals surface area contributed by atoms with Crippen molar-refractivity contribution in [1.82, 2.24) is 4.90 Å². The highest BCUT2D eigenvalue weighted by atomic mass is 19.4. The lowest BCUT2D eigenvalue weighted by atomic mass is 9.99.